The molecule has 0 aliphatic heterocycles. The van der Waals surface area contributed by atoms with Crippen LogP contribution in [0.5, 0.6) is 0 Å². The highest BCUT2D eigenvalue weighted by molar-refractivity contribution is 8.00. The third kappa shape index (κ3) is 6.30. The van der Waals surface area contributed by atoms with Gasteiger partial charge >= 0.3 is 11.9 Å². The second kappa shape index (κ2) is 12.0. The zero-order chi connectivity index (χ0) is 23.8. The predicted octanol–water partition coefficient (Wildman–Crippen LogP) is 3.64. The number of amides is 2. The molecule has 0 fully saturated rings. The summed E-state index contributed by atoms with van der Waals surface area (Å²) < 4.78 is 29.1. The summed E-state index contributed by atoms with van der Waals surface area (Å²) in [7, 11) is 2.58. The van der Waals surface area contributed by atoms with Crippen LogP contribution in [0.25, 0.3) is 0 Å². The lowest BCUT2D eigenvalue weighted by Gasteiger charge is -2.25. The first-order valence-corrected chi connectivity index (χ1v) is 11.0. The number of hydrogen-bond acceptors (Lipinski definition) is 8. The van der Waals surface area contributed by atoms with Gasteiger partial charge < -0.3 is 14.2 Å². The van der Waals surface area contributed by atoms with Crippen molar-refractivity contribution in [1.29, 1.82) is 0 Å². The van der Waals surface area contributed by atoms with E-state index in [1.54, 1.807) is 0 Å². The smallest absolute Gasteiger partial charge is 0.336 e. The van der Waals surface area contributed by atoms with E-state index in [0.29, 0.717) is 24.2 Å². The summed E-state index contributed by atoms with van der Waals surface area (Å²) in [4.78, 5) is 50.5. The third-order valence-electron chi connectivity index (χ3n) is 4.61. The Morgan fingerprint density at radius 2 is 1.78 bits per heavy atom. The summed E-state index contributed by atoms with van der Waals surface area (Å²) in [6.07, 6.45) is 1.81. The molecule has 1 aromatic carbocycles. The molecule has 2 rings (SSSR count). The average Bonchev–Trinajstić information content (AvgIpc) is 2.77. The van der Waals surface area contributed by atoms with Gasteiger partial charge in [0.25, 0.3) is 5.91 Å². The molecule has 0 aromatic heterocycles. The van der Waals surface area contributed by atoms with Crippen LogP contribution in [-0.4, -0.2) is 50.5 Å². The molecule has 1 aromatic rings. The van der Waals surface area contributed by atoms with Crippen LogP contribution in [0.3, 0.4) is 0 Å². The first-order chi connectivity index (χ1) is 15.2. The van der Waals surface area contributed by atoms with E-state index in [-0.39, 0.29) is 45.7 Å². The van der Waals surface area contributed by atoms with Crippen molar-refractivity contribution in [2.45, 2.75) is 37.5 Å². The molecule has 0 N–H and O–H groups in total. The van der Waals surface area contributed by atoms with Gasteiger partial charge in [-0.05, 0) is 37.8 Å². The minimum absolute atomic E-state index is 0.0109. The number of imide groups is 1. The van der Waals surface area contributed by atoms with Gasteiger partial charge in [0.05, 0.1) is 23.6 Å². The van der Waals surface area contributed by atoms with Crippen LogP contribution in [0.15, 0.2) is 28.2 Å². The number of rotatable bonds is 8. The van der Waals surface area contributed by atoms with Crippen LogP contribution in [-0.2, 0) is 33.4 Å². The normalized spacial score (nSPS) is 13.5. The quantitative estimate of drug-likeness (QED) is 0.311. The molecule has 0 bridgehead atoms. The predicted molar refractivity (Wildman–Crippen MR) is 116 cm³/mol. The summed E-state index contributed by atoms with van der Waals surface area (Å²) >= 11 is 7.04. The monoisotopic (exact) mass is 487 g/mol. The Kier molecular flexibility index (Phi) is 9.67. The van der Waals surface area contributed by atoms with Crippen molar-refractivity contribution < 1.29 is 37.8 Å². The number of ether oxygens (including phenoxy) is 3. The largest absolute Gasteiger partial charge is 0.468 e. The lowest BCUT2D eigenvalue weighted by molar-refractivity contribution is -0.150. The zero-order valence-corrected chi connectivity index (χ0v) is 19.4. The van der Waals surface area contributed by atoms with Gasteiger partial charge in [0.2, 0.25) is 5.91 Å². The summed E-state index contributed by atoms with van der Waals surface area (Å²) in [6.45, 7) is 0.826. The Bertz CT molecular complexity index is 950. The second-order valence-corrected chi connectivity index (χ2v) is 8.19. The maximum absolute atomic E-state index is 14.8. The number of thioether (sulfide) groups is 1. The van der Waals surface area contributed by atoms with Gasteiger partial charge in [-0.2, -0.15) is 0 Å². The molecule has 2 amide bonds. The first kappa shape index (κ1) is 25.8. The zero-order valence-electron chi connectivity index (χ0n) is 17.9. The van der Waals surface area contributed by atoms with Crippen molar-refractivity contribution in [1.82, 2.24) is 0 Å². The molecule has 1 aliphatic carbocycles. The summed E-state index contributed by atoms with van der Waals surface area (Å²) in [5, 5.41) is 0.0109. The Morgan fingerprint density at radius 3 is 2.38 bits per heavy atom. The fourth-order valence-corrected chi connectivity index (χ4v) is 4.22. The molecular formula is C21H23ClFNO7S. The molecule has 8 nitrogen and oxygen atoms in total. The highest BCUT2D eigenvalue weighted by Gasteiger charge is 2.32. The standard InChI is InChI=1S/C21H23ClFNO7S/c1-12(25)24(17-9-18(15(22)8-16(17)23)32-10-19(26)30-3)20(27)13-6-4-5-7-14(13)21(28)31-11-29-2/h8-9H,4-7,10-11H2,1-3H3. The molecule has 11 heteroatoms. The number of hydrogen-bond donors (Lipinski definition) is 0. The van der Waals surface area contributed by atoms with Crippen molar-refractivity contribution in [2.75, 3.05) is 31.7 Å². The van der Waals surface area contributed by atoms with E-state index in [9.17, 15) is 23.6 Å². The van der Waals surface area contributed by atoms with Crippen LogP contribution < -0.4 is 4.90 Å². The molecule has 0 atom stereocenters. The minimum atomic E-state index is -0.902. The molecule has 1 aliphatic rings. The van der Waals surface area contributed by atoms with E-state index >= 15 is 0 Å². The van der Waals surface area contributed by atoms with E-state index in [2.05, 4.69) is 4.74 Å². The number of anilines is 1. The van der Waals surface area contributed by atoms with Gasteiger partial charge in [-0.25, -0.2) is 14.1 Å². The Morgan fingerprint density at radius 1 is 1.12 bits per heavy atom. The fourth-order valence-electron chi connectivity index (χ4n) is 3.12. The molecule has 0 radical (unpaired) electrons. The van der Waals surface area contributed by atoms with E-state index in [0.717, 1.165) is 24.8 Å². The van der Waals surface area contributed by atoms with Crippen LogP contribution in [0.1, 0.15) is 32.6 Å². The van der Waals surface area contributed by atoms with Crippen molar-refractivity contribution in [2.24, 2.45) is 0 Å². The van der Waals surface area contributed by atoms with Crippen molar-refractivity contribution in [3.63, 3.8) is 0 Å². The van der Waals surface area contributed by atoms with Gasteiger partial charge in [0.15, 0.2) is 6.79 Å². The van der Waals surface area contributed by atoms with Crippen molar-refractivity contribution in [3.8, 4) is 0 Å². The number of carbonyl (C=O) groups is 4. The van der Waals surface area contributed by atoms with Crippen molar-refractivity contribution in [3.05, 3.63) is 34.1 Å². The van der Waals surface area contributed by atoms with Gasteiger partial charge in [-0.1, -0.05) is 11.6 Å². The third-order valence-corrected chi connectivity index (χ3v) is 6.07. The number of esters is 2. The summed E-state index contributed by atoms with van der Waals surface area (Å²) in [5.74, 6) is -3.81. The van der Waals surface area contributed by atoms with Crippen molar-refractivity contribution >= 4 is 52.8 Å². The lowest BCUT2D eigenvalue weighted by atomic mass is 9.90. The number of nitrogens with zero attached hydrogens (tertiary/aromatic N) is 1. The lowest BCUT2D eigenvalue weighted by Crippen LogP contribution is -2.38. The van der Waals surface area contributed by atoms with Crippen LogP contribution in [0, 0.1) is 5.82 Å². The van der Waals surface area contributed by atoms with Crippen LogP contribution in [0.2, 0.25) is 5.02 Å². The van der Waals surface area contributed by atoms with Gasteiger partial charge in [0.1, 0.15) is 5.82 Å². The molecule has 0 saturated carbocycles. The summed E-state index contributed by atoms with van der Waals surface area (Å²) in [6, 6.07) is 2.18. The molecular weight excluding hydrogens is 465 g/mol. The number of carbonyl (C=O) groups excluding carboxylic acids is 4. The van der Waals surface area contributed by atoms with Crippen LogP contribution in [0.4, 0.5) is 10.1 Å². The van der Waals surface area contributed by atoms with Crippen LogP contribution >= 0.6 is 23.4 Å². The molecule has 32 heavy (non-hydrogen) atoms. The molecule has 0 saturated heterocycles. The number of methoxy groups -OCH3 is 2. The SMILES string of the molecule is COCOC(=O)C1=C(C(=O)N(C(C)=O)c2cc(SCC(=O)OC)c(Cl)cc2F)CCCC1. The van der Waals surface area contributed by atoms with Gasteiger partial charge in [-0.15, -0.1) is 11.8 Å². The highest BCUT2D eigenvalue weighted by Crippen LogP contribution is 2.36. The minimum Gasteiger partial charge on any atom is -0.468 e. The molecule has 0 heterocycles. The number of benzene rings is 1. The fraction of sp³-hybridized carbons (Fsp3) is 0.429. The van der Waals surface area contributed by atoms with E-state index in [1.165, 1.54) is 20.3 Å². The topological polar surface area (TPSA) is 99.2 Å². The second-order valence-electron chi connectivity index (χ2n) is 6.76. The molecule has 174 valence electrons. The number of halogens is 2. The van der Waals surface area contributed by atoms with E-state index in [1.807, 2.05) is 0 Å². The van der Waals surface area contributed by atoms with Gasteiger partial charge in [-0.3, -0.25) is 14.4 Å². The van der Waals surface area contributed by atoms with Gasteiger partial charge in [0, 0.05) is 30.1 Å². The van der Waals surface area contributed by atoms with E-state index in [4.69, 9.17) is 21.1 Å². The highest BCUT2D eigenvalue weighted by atomic mass is 35.5. The summed E-state index contributed by atoms with van der Waals surface area (Å²) in [5.41, 5.74) is -0.105. The molecule has 0 spiro atoms. The Hall–Kier alpha value is -2.43. The maximum Gasteiger partial charge on any atom is 0.336 e. The van der Waals surface area contributed by atoms with E-state index < -0.39 is 29.6 Å². The first-order valence-electron chi connectivity index (χ1n) is 9.63. The Balaban J connectivity index is 2.47. The average molecular weight is 488 g/mol. The molecule has 0 unspecified atom stereocenters. The maximum atomic E-state index is 14.8. The Labute approximate surface area is 194 Å².